The molecule has 0 radical (unpaired) electrons. The summed E-state index contributed by atoms with van der Waals surface area (Å²) >= 11 is 16.7. The minimum Gasteiger partial charge on any atom is -0.325 e. The van der Waals surface area contributed by atoms with Crippen LogP contribution in [0.1, 0.15) is 6.92 Å². The standard InChI is InChI=1S/C15H12BrCl2NOS/c1-9(21-14-4-2-10(16)3-5-14)15(20)19-13-7-11(17)6-12(18)8-13/h2-9H,1H3,(H,19,20). The molecule has 1 amide bonds. The van der Waals surface area contributed by atoms with E-state index in [1.54, 1.807) is 18.2 Å². The van der Waals surface area contributed by atoms with Gasteiger partial charge in [-0.1, -0.05) is 39.1 Å². The molecule has 0 saturated carbocycles. The number of rotatable bonds is 4. The third-order valence-corrected chi connectivity index (χ3v) is 4.70. The summed E-state index contributed by atoms with van der Waals surface area (Å²) in [5.74, 6) is -0.0961. The minimum absolute atomic E-state index is 0.0961. The van der Waals surface area contributed by atoms with Crippen LogP contribution in [0.3, 0.4) is 0 Å². The number of amides is 1. The normalized spacial score (nSPS) is 12.0. The van der Waals surface area contributed by atoms with E-state index in [-0.39, 0.29) is 11.2 Å². The first-order valence-electron chi connectivity index (χ1n) is 6.13. The Bertz CT molecular complexity index is 628. The first-order chi connectivity index (χ1) is 9.94. The van der Waals surface area contributed by atoms with Gasteiger partial charge >= 0.3 is 0 Å². The Balaban J connectivity index is 2.00. The molecule has 21 heavy (non-hydrogen) atoms. The molecule has 0 saturated heterocycles. The fourth-order valence-electron chi connectivity index (χ4n) is 1.64. The monoisotopic (exact) mass is 403 g/mol. The van der Waals surface area contributed by atoms with Crippen LogP contribution in [-0.4, -0.2) is 11.2 Å². The second-order valence-corrected chi connectivity index (χ2v) is 7.56. The molecule has 0 spiro atoms. The molecule has 0 aromatic heterocycles. The molecule has 6 heteroatoms. The lowest BCUT2D eigenvalue weighted by molar-refractivity contribution is -0.115. The third kappa shape index (κ3) is 5.22. The average Bonchev–Trinajstić information content (AvgIpc) is 2.40. The summed E-state index contributed by atoms with van der Waals surface area (Å²) in [5, 5.41) is 3.57. The molecule has 0 heterocycles. The SMILES string of the molecule is CC(Sc1ccc(Br)cc1)C(=O)Nc1cc(Cl)cc(Cl)c1. The second kappa shape index (κ2) is 7.54. The van der Waals surface area contributed by atoms with E-state index < -0.39 is 0 Å². The summed E-state index contributed by atoms with van der Waals surface area (Å²) in [6, 6.07) is 12.8. The number of halogens is 3. The van der Waals surface area contributed by atoms with Crippen molar-refractivity contribution in [3.05, 3.63) is 57.0 Å². The molecule has 2 aromatic rings. The maximum absolute atomic E-state index is 12.2. The zero-order valence-corrected chi connectivity index (χ0v) is 15.0. The topological polar surface area (TPSA) is 29.1 Å². The summed E-state index contributed by atoms with van der Waals surface area (Å²) in [7, 11) is 0. The predicted octanol–water partition coefficient (Wildman–Crippen LogP) is 5.88. The molecule has 0 aliphatic heterocycles. The van der Waals surface area contributed by atoms with E-state index in [1.165, 1.54) is 11.8 Å². The van der Waals surface area contributed by atoms with Gasteiger partial charge in [0.2, 0.25) is 5.91 Å². The van der Waals surface area contributed by atoms with Crippen molar-refractivity contribution in [2.45, 2.75) is 17.1 Å². The number of carbonyl (C=O) groups is 1. The van der Waals surface area contributed by atoms with Crippen molar-refractivity contribution in [1.29, 1.82) is 0 Å². The van der Waals surface area contributed by atoms with E-state index in [0.29, 0.717) is 15.7 Å². The van der Waals surface area contributed by atoms with Gasteiger partial charge in [-0.25, -0.2) is 0 Å². The van der Waals surface area contributed by atoms with Crippen LogP contribution >= 0.6 is 50.9 Å². The van der Waals surface area contributed by atoms with E-state index in [1.807, 2.05) is 31.2 Å². The largest absolute Gasteiger partial charge is 0.325 e. The lowest BCUT2D eigenvalue weighted by Gasteiger charge is -2.12. The Kier molecular flexibility index (Phi) is 5.99. The van der Waals surface area contributed by atoms with Crippen LogP contribution in [0.5, 0.6) is 0 Å². The Morgan fingerprint density at radius 2 is 1.71 bits per heavy atom. The van der Waals surface area contributed by atoms with Crippen molar-refractivity contribution in [3.8, 4) is 0 Å². The van der Waals surface area contributed by atoms with E-state index in [4.69, 9.17) is 23.2 Å². The fourth-order valence-corrected chi connectivity index (χ4v) is 3.30. The quantitative estimate of drug-likeness (QED) is 0.645. The molecule has 2 nitrogen and oxygen atoms in total. The number of thioether (sulfide) groups is 1. The summed E-state index contributed by atoms with van der Waals surface area (Å²) in [4.78, 5) is 13.2. The van der Waals surface area contributed by atoms with Crippen LogP contribution in [0.4, 0.5) is 5.69 Å². The Labute approximate surface area is 146 Å². The molecule has 0 aliphatic rings. The molecule has 1 atom stereocenters. The molecular weight excluding hydrogens is 393 g/mol. The highest BCUT2D eigenvalue weighted by molar-refractivity contribution is 9.10. The van der Waals surface area contributed by atoms with Crippen LogP contribution in [0.15, 0.2) is 51.8 Å². The lowest BCUT2D eigenvalue weighted by Crippen LogP contribution is -2.22. The molecule has 110 valence electrons. The highest BCUT2D eigenvalue weighted by Crippen LogP contribution is 2.27. The first kappa shape index (κ1) is 16.7. The molecule has 0 bridgehead atoms. The van der Waals surface area contributed by atoms with Crippen molar-refractivity contribution in [1.82, 2.24) is 0 Å². The summed E-state index contributed by atoms with van der Waals surface area (Å²) < 4.78 is 1.01. The zero-order valence-electron chi connectivity index (χ0n) is 11.1. The first-order valence-corrected chi connectivity index (χ1v) is 8.56. The van der Waals surface area contributed by atoms with Crippen LogP contribution < -0.4 is 5.32 Å². The van der Waals surface area contributed by atoms with E-state index in [2.05, 4.69) is 21.2 Å². The summed E-state index contributed by atoms with van der Waals surface area (Å²) in [5.41, 5.74) is 0.598. The lowest BCUT2D eigenvalue weighted by atomic mass is 10.3. The molecule has 0 fully saturated rings. The van der Waals surface area contributed by atoms with Gasteiger partial charge in [0.1, 0.15) is 0 Å². The fraction of sp³-hybridized carbons (Fsp3) is 0.133. The molecule has 2 rings (SSSR count). The Morgan fingerprint density at radius 1 is 1.14 bits per heavy atom. The number of carbonyl (C=O) groups excluding carboxylic acids is 1. The minimum atomic E-state index is -0.232. The molecule has 1 unspecified atom stereocenters. The Morgan fingerprint density at radius 3 is 2.29 bits per heavy atom. The average molecular weight is 405 g/mol. The van der Waals surface area contributed by atoms with Crippen molar-refractivity contribution in [2.75, 3.05) is 5.32 Å². The Hall–Kier alpha value is -0.680. The van der Waals surface area contributed by atoms with Gasteiger partial charge in [-0.05, 0) is 49.4 Å². The van der Waals surface area contributed by atoms with E-state index >= 15 is 0 Å². The number of benzene rings is 2. The van der Waals surface area contributed by atoms with Gasteiger partial charge in [0, 0.05) is 25.1 Å². The van der Waals surface area contributed by atoms with Gasteiger partial charge in [0.25, 0.3) is 0 Å². The van der Waals surface area contributed by atoms with Crippen molar-refractivity contribution in [2.24, 2.45) is 0 Å². The highest BCUT2D eigenvalue weighted by Gasteiger charge is 2.15. The van der Waals surface area contributed by atoms with Gasteiger partial charge in [-0.15, -0.1) is 11.8 Å². The van der Waals surface area contributed by atoms with E-state index in [0.717, 1.165) is 9.37 Å². The maximum Gasteiger partial charge on any atom is 0.237 e. The number of hydrogen-bond acceptors (Lipinski definition) is 2. The van der Waals surface area contributed by atoms with Crippen LogP contribution in [0.2, 0.25) is 10.0 Å². The van der Waals surface area contributed by atoms with Gasteiger partial charge in [0.05, 0.1) is 5.25 Å². The number of hydrogen-bond donors (Lipinski definition) is 1. The van der Waals surface area contributed by atoms with Crippen molar-refractivity contribution in [3.63, 3.8) is 0 Å². The van der Waals surface area contributed by atoms with Crippen LogP contribution in [0, 0.1) is 0 Å². The van der Waals surface area contributed by atoms with Gasteiger partial charge in [-0.2, -0.15) is 0 Å². The zero-order chi connectivity index (χ0) is 15.4. The smallest absolute Gasteiger partial charge is 0.237 e. The van der Waals surface area contributed by atoms with Gasteiger partial charge in [0.15, 0.2) is 0 Å². The molecule has 0 aliphatic carbocycles. The van der Waals surface area contributed by atoms with Crippen LogP contribution in [-0.2, 0) is 4.79 Å². The summed E-state index contributed by atoms with van der Waals surface area (Å²) in [6.45, 7) is 1.86. The number of anilines is 1. The number of nitrogens with one attached hydrogen (secondary N) is 1. The van der Waals surface area contributed by atoms with Crippen molar-refractivity contribution < 1.29 is 4.79 Å². The van der Waals surface area contributed by atoms with Gasteiger partial charge < -0.3 is 5.32 Å². The highest BCUT2D eigenvalue weighted by atomic mass is 79.9. The predicted molar refractivity (Wildman–Crippen MR) is 94.6 cm³/mol. The molecule has 2 aromatic carbocycles. The summed E-state index contributed by atoms with van der Waals surface area (Å²) in [6.07, 6.45) is 0. The maximum atomic E-state index is 12.2. The van der Waals surface area contributed by atoms with Crippen LogP contribution in [0.25, 0.3) is 0 Å². The molecular formula is C15H12BrCl2NOS. The third-order valence-electron chi connectivity index (χ3n) is 2.63. The second-order valence-electron chi connectivity index (χ2n) is 4.36. The molecule has 1 N–H and O–H groups in total. The van der Waals surface area contributed by atoms with Crippen molar-refractivity contribution >= 4 is 62.5 Å². The van der Waals surface area contributed by atoms with Gasteiger partial charge in [-0.3, -0.25) is 4.79 Å². The van der Waals surface area contributed by atoms with E-state index in [9.17, 15) is 4.79 Å².